The molecule has 0 spiro atoms. The fourth-order valence-corrected chi connectivity index (χ4v) is 17.7. The van der Waals surface area contributed by atoms with Crippen LogP contribution in [0.25, 0.3) is 41.7 Å². The maximum Gasteiger partial charge on any atom is 0.181 e. The van der Waals surface area contributed by atoms with Crippen molar-refractivity contribution in [3.63, 3.8) is 0 Å². The molecule has 3 aliphatic rings. The third-order valence-electron chi connectivity index (χ3n) is 21.4. The number of hydrogen-bond acceptors (Lipinski definition) is 18. The first kappa shape index (κ1) is 81.4. The third kappa shape index (κ3) is 23.1. The van der Waals surface area contributed by atoms with Gasteiger partial charge in [0.15, 0.2) is 34.5 Å². The topological polar surface area (TPSA) is 137 Å². The molecule has 4 aromatic heterocycles. The standard InChI is InChI=1S/C81H130N2O12S4/c1-13-25-31-59(19-7)39-84-47-79(48-85-40-60(20-8)32-26-14-2)53-90-67-45-96-75(71(67)92-55-79)65-37-38-66(70-69(65)82-99-83-70)76-73-74(95-58-81(57-94-73,51-88-43-63(23-11)35-29-17-5)52-89-44-64(24-12)36-30-18-6)78(98-76)77-72-68(46-97-77)91-54-80(56-93-72,49-86-41-61(21-9)33-27-15-3)50-87-42-62(22-10)34-28-16-4/h37-38,45-46,59-64H,13-36,39-44,47-58H2,1-12H3. The molecule has 5 aromatic rings. The van der Waals surface area contributed by atoms with E-state index in [4.69, 9.17) is 65.6 Å². The first-order valence-electron chi connectivity index (χ1n) is 39.3. The van der Waals surface area contributed by atoms with Gasteiger partial charge in [0, 0.05) is 61.5 Å². The number of aromatic nitrogens is 2. The van der Waals surface area contributed by atoms with Gasteiger partial charge in [0.05, 0.1) is 87.1 Å². The molecule has 6 unspecified atom stereocenters. The number of benzene rings is 1. The van der Waals surface area contributed by atoms with Gasteiger partial charge in [0.1, 0.15) is 50.7 Å². The van der Waals surface area contributed by atoms with E-state index in [1.54, 1.807) is 34.0 Å². The van der Waals surface area contributed by atoms with E-state index in [1.165, 1.54) is 102 Å². The number of hydrogen-bond donors (Lipinski definition) is 0. The van der Waals surface area contributed by atoms with Gasteiger partial charge >= 0.3 is 0 Å². The zero-order valence-corrected chi connectivity index (χ0v) is 66.7. The Kier molecular flexibility index (Phi) is 35.5. The summed E-state index contributed by atoms with van der Waals surface area (Å²) in [7, 11) is 0. The minimum Gasteiger partial charge on any atom is -0.488 e. The van der Waals surface area contributed by atoms with Gasteiger partial charge in [0.25, 0.3) is 0 Å². The Balaban J connectivity index is 1.16. The molecule has 6 atom stereocenters. The summed E-state index contributed by atoms with van der Waals surface area (Å²) in [5.41, 5.74) is 1.75. The van der Waals surface area contributed by atoms with Gasteiger partial charge in [-0.1, -0.05) is 211 Å². The highest BCUT2D eigenvalue weighted by molar-refractivity contribution is 7.24. The van der Waals surface area contributed by atoms with Crippen molar-refractivity contribution in [3.05, 3.63) is 22.9 Å². The molecular formula is C81H130N2O12S4. The van der Waals surface area contributed by atoms with Crippen LogP contribution in [0.4, 0.5) is 0 Å². The highest BCUT2D eigenvalue weighted by Crippen LogP contribution is 2.60. The van der Waals surface area contributed by atoms with Crippen LogP contribution in [0.5, 0.6) is 34.5 Å². The number of nitrogens with zero attached hydrogens (tertiary/aromatic N) is 2. The van der Waals surface area contributed by atoms with Gasteiger partial charge in [-0.3, -0.25) is 0 Å². The highest BCUT2D eigenvalue weighted by Gasteiger charge is 2.44. The molecule has 3 aliphatic heterocycles. The van der Waals surface area contributed by atoms with E-state index in [2.05, 4.69) is 106 Å². The molecule has 0 aliphatic carbocycles. The van der Waals surface area contributed by atoms with Gasteiger partial charge in [-0.15, -0.1) is 34.0 Å². The van der Waals surface area contributed by atoms with Crippen molar-refractivity contribution in [2.24, 2.45) is 51.8 Å². The Morgan fingerprint density at radius 1 is 0.343 bits per heavy atom. The smallest absolute Gasteiger partial charge is 0.181 e. The lowest BCUT2D eigenvalue weighted by molar-refractivity contribution is -0.0716. The van der Waals surface area contributed by atoms with E-state index < -0.39 is 16.2 Å². The van der Waals surface area contributed by atoms with Crippen LogP contribution in [0.2, 0.25) is 0 Å². The van der Waals surface area contributed by atoms with Crippen molar-refractivity contribution < 1.29 is 56.8 Å². The van der Waals surface area contributed by atoms with Crippen LogP contribution in [0, 0.1) is 51.8 Å². The molecule has 560 valence electrons. The van der Waals surface area contributed by atoms with Gasteiger partial charge in [-0.05, 0) is 74.0 Å². The van der Waals surface area contributed by atoms with Crippen LogP contribution in [0.1, 0.15) is 237 Å². The summed E-state index contributed by atoms with van der Waals surface area (Å²) < 4.78 is 93.8. The molecule has 0 bridgehead atoms. The first-order chi connectivity index (χ1) is 48.4. The predicted molar refractivity (Wildman–Crippen MR) is 412 cm³/mol. The summed E-state index contributed by atoms with van der Waals surface area (Å²) in [6.07, 6.45) is 27.7. The van der Waals surface area contributed by atoms with Crippen molar-refractivity contribution >= 4 is 56.8 Å². The summed E-state index contributed by atoms with van der Waals surface area (Å²) in [4.78, 5) is 3.70. The predicted octanol–water partition coefficient (Wildman–Crippen LogP) is 22.5. The molecule has 0 fully saturated rings. The summed E-state index contributed by atoms with van der Waals surface area (Å²) in [5, 5.41) is 4.19. The summed E-state index contributed by atoms with van der Waals surface area (Å²) >= 11 is 6.10. The first-order valence-corrected chi connectivity index (χ1v) is 42.6. The molecule has 0 radical (unpaired) electrons. The second kappa shape index (κ2) is 43.2. The Hall–Kier alpha value is -3.30. The second-order valence-corrected chi connectivity index (χ2v) is 33.2. The minimum atomic E-state index is -0.612. The van der Waals surface area contributed by atoms with Crippen molar-refractivity contribution in [1.82, 2.24) is 8.75 Å². The normalized spacial score (nSPS) is 20.3. The summed E-state index contributed by atoms with van der Waals surface area (Å²) in [6, 6.07) is 4.37. The van der Waals surface area contributed by atoms with Crippen LogP contribution in [0.15, 0.2) is 22.9 Å². The van der Waals surface area contributed by atoms with E-state index in [9.17, 15) is 0 Å². The van der Waals surface area contributed by atoms with Gasteiger partial charge < -0.3 is 56.8 Å². The maximum atomic E-state index is 7.41. The van der Waals surface area contributed by atoms with Crippen LogP contribution >= 0.6 is 45.7 Å². The lowest BCUT2D eigenvalue weighted by Gasteiger charge is -2.32. The molecule has 1 aromatic carbocycles. The quantitative estimate of drug-likeness (QED) is 0.0365. The third-order valence-corrected chi connectivity index (χ3v) is 25.1. The molecule has 0 saturated carbocycles. The molecule has 18 heteroatoms. The van der Waals surface area contributed by atoms with Crippen LogP contribution in [-0.4, -0.2) is 128 Å². The van der Waals surface area contributed by atoms with Gasteiger partial charge in [0.2, 0.25) is 0 Å². The van der Waals surface area contributed by atoms with E-state index in [1.807, 2.05) is 0 Å². The maximum absolute atomic E-state index is 7.41. The van der Waals surface area contributed by atoms with E-state index in [0.717, 1.165) is 131 Å². The van der Waals surface area contributed by atoms with Gasteiger partial charge in [-0.2, -0.15) is 8.75 Å². The zero-order chi connectivity index (χ0) is 70.3. The Labute approximate surface area is 614 Å². The molecule has 0 saturated heterocycles. The van der Waals surface area contributed by atoms with Crippen LogP contribution < -0.4 is 28.4 Å². The van der Waals surface area contributed by atoms with Crippen LogP contribution in [0.3, 0.4) is 0 Å². The lowest BCUT2D eigenvalue weighted by atomic mass is 9.91. The molecule has 14 nitrogen and oxygen atoms in total. The lowest BCUT2D eigenvalue weighted by Crippen LogP contribution is -2.43. The van der Waals surface area contributed by atoms with Crippen LogP contribution in [-0.2, 0) is 28.4 Å². The molecule has 0 amide bonds. The van der Waals surface area contributed by atoms with Crippen molar-refractivity contribution in [2.75, 3.05) is 119 Å². The number of ether oxygens (including phenoxy) is 12. The van der Waals surface area contributed by atoms with Crippen molar-refractivity contribution in [2.45, 2.75) is 237 Å². The van der Waals surface area contributed by atoms with E-state index in [-0.39, 0.29) is 0 Å². The molecule has 7 heterocycles. The number of rotatable bonds is 51. The fourth-order valence-electron chi connectivity index (χ4n) is 13.9. The van der Waals surface area contributed by atoms with Crippen molar-refractivity contribution in [3.8, 4) is 65.1 Å². The fraction of sp³-hybridized carbons (Fsp3) is 0.778. The Morgan fingerprint density at radius 2 is 0.616 bits per heavy atom. The average molecular weight is 1450 g/mol. The molecule has 99 heavy (non-hydrogen) atoms. The summed E-state index contributed by atoms with van der Waals surface area (Å²) in [6.45, 7) is 36.6. The number of thiophene rings is 3. The molecule has 8 rings (SSSR count). The zero-order valence-electron chi connectivity index (χ0n) is 63.4. The SMILES string of the molecule is CCCCC(CC)COCC1(COCC(CC)CCCC)COc2csc(-c3sc(-c4ccc(-c5scc6c5OCC(COCC(CC)CCCC)(COCC(CC)CCCC)CO6)c5nsnc45)c4c3OCC(COCC(CC)CCCC)(COCC(CC)CCCC)CO4)c2OC1. The van der Waals surface area contributed by atoms with Crippen molar-refractivity contribution in [1.29, 1.82) is 0 Å². The van der Waals surface area contributed by atoms with Gasteiger partial charge in [-0.25, -0.2) is 0 Å². The van der Waals surface area contributed by atoms with E-state index in [0.29, 0.717) is 164 Å². The number of unbranched alkanes of at least 4 members (excludes halogenated alkanes) is 6. The molecule has 0 N–H and O–H groups in total. The largest absolute Gasteiger partial charge is 0.488 e. The Bertz CT molecular complexity index is 2960. The average Bonchev–Trinajstić information content (AvgIpc) is 1.62. The highest BCUT2D eigenvalue weighted by atomic mass is 32.1. The Morgan fingerprint density at radius 3 is 0.929 bits per heavy atom. The molecular weight excluding hydrogens is 1320 g/mol. The monoisotopic (exact) mass is 1450 g/mol. The minimum absolute atomic E-state index is 0.336. The number of fused-ring (bicyclic) bond motifs is 4. The second-order valence-electron chi connectivity index (χ2n) is 29.9. The summed E-state index contributed by atoms with van der Waals surface area (Å²) in [5.74, 6) is 7.21. The van der Waals surface area contributed by atoms with E-state index >= 15 is 0 Å².